The van der Waals surface area contributed by atoms with Crippen molar-refractivity contribution in [2.24, 2.45) is 0 Å². The summed E-state index contributed by atoms with van der Waals surface area (Å²) < 4.78 is 5.34. The van der Waals surface area contributed by atoms with E-state index in [9.17, 15) is 4.79 Å². The molecule has 0 spiro atoms. The summed E-state index contributed by atoms with van der Waals surface area (Å²) in [4.78, 5) is 11.9. The van der Waals surface area contributed by atoms with E-state index in [1.807, 2.05) is 20.8 Å². The van der Waals surface area contributed by atoms with Gasteiger partial charge in [0.05, 0.1) is 6.04 Å². The van der Waals surface area contributed by atoms with E-state index in [0.29, 0.717) is 0 Å². The van der Waals surface area contributed by atoms with Gasteiger partial charge in [-0.1, -0.05) is 23.8 Å². The Balaban J connectivity index is 2.11. The Labute approximate surface area is 115 Å². The van der Waals surface area contributed by atoms with E-state index in [2.05, 4.69) is 30.4 Å². The first kappa shape index (κ1) is 13.9. The van der Waals surface area contributed by atoms with Gasteiger partial charge in [0, 0.05) is 0 Å². The Kier molecular flexibility index (Phi) is 3.83. The number of carbonyl (C=O) groups excluding carboxylic acids is 1. The lowest BCUT2D eigenvalue weighted by Gasteiger charge is -2.28. The third-order valence-corrected chi connectivity index (χ3v) is 3.31. The highest BCUT2D eigenvalue weighted by atomic mass is 16.6. The highest BCUT2D eigenvalue weighted by Gasteiger charge is 2.24. The molecule has 0 fully saturated rings. The molecule has 2 rings (SSSR count). The van der Waals surface area contributed by atoms with Gasteiger partial charge in [-0.15, -0.1) is 0 Å². The molecular formula is C16H23NO2. The predicted molar refractivity (Wildman–Crippen MR) is 76.2 cm³/mol. The Morgan fingerprint density at radius 3 is 2.79 bits per heavy atom. The molecule has 1 unspecified atom stereocenters. The molecule has 0 aliphatic heterocycles. The van der Waals surface area contributed by atoms with Gasteiger partial charge in [-0.25, -0.2) is 4.79 Å². The van der Waals surface area contributed by atoms with Crippen molar-refractivity contribution in [1.29, 1.82) is 0 Å². The molecule has 0 heterocycles. The van der Waals surface area contributed by atoms with Gasteiger partial charge in [0.1, 0.15) is 5.60 Å². The van der Waals surface area contributed by atoms with Gasteiger partial charge in [0.2, 0.25) is 0 Å². The summed E-state index contributed by atoms with van der Waals surface area (Å²) in [5.74, 6) is 0. The van der Waals surface area contributed by atoms with Crippen LogP contribution in [0.1, 0.15) is 56.3 Å². The minimum Gasteiger partial charge on any atom is -0.444 e. The second-order valence-electron chi connectivity index (χ2n) is 6.29. The first-order valence-corrected chi connectivity index (χ1v) is 6.94. The summed E-state index contributed by atoms with van der Waals surface area (Å²) in [6, 6.07) is 6.57. The summed E-state index contributed by atoms with van der Waals surface area (Å²) >= 11 is 0. The second-order valence-corrected chi connectivity index (χ2v) is 6.29. The first-order chi connectivity index (χ1) is 8.85. The molecule has 19 heavy (non-hydrogen) atoms. The van der Waals surface area contributed by atoms with E-state index in [-0.39, 0.29) is 12.1 Å². The largest absolute Gasteiger partial charge is 0.444 e. The third kappa shape index (κ3) is 3.72. The number of ether oxygens (including phenoxy) is 1. The molecular weight excluding hydrogens is 238 g/mol. The number of aryl methyl sites for hydroxylation is 2. The summed E-state index contributed by atoms with van der Waals surface area (Å²) in [6.45, 7) is 7.72. The van der Waals surface area contributed by atoms with Crippen LogP contribution in [0.5, 0.6) is 0 Å². The maximum absolute atomic E-state index is 11.9. The van der Waals surface area contributed by atoms with Crippen LogP contribution in [-0.4, -0.2) is 11.7 Å². The smallest absolute Gasteiger partial charge is 0.408 e. The molecule has 1 aliphatic rings. The van der Waals surface area contributed by atoms with Crippen LogP contribution in [0.4, 0.5) is 4.79 Å². The molecule has 1 amide bonds. The van der Waals surface area contributed by atoms with Gasteiger partial charge in [0.25, 0.3) is 0 Å². The Bertz CT molecular complexity index is 474. The Hall–Kier alpha value is -1.51. The number of nitrogens with one attached hydrogen (secondary N) is 1. The van der Waals surface area contributed by atoms with E-state index in [1.165, 1.54) is 16.7 Å². The third-order valence-electron chi connectivity index (χ3n) is 3.31. The van der Waals surface area contributed by atoms with Crippen molar-refractivity contribution >= 4 is 6.09 Å². The van der Waals surface area contributed by atoms with Gasteiger partial charge >= 0.3 is 6.09 Å². The Morgan fingerprint density at radius 2 is 2.11 bits per heavy atom. The topological polar surface area (TPSA) is 38.3 Å². The maximum atomic E-state index is 11.9. The molecule has 1 atom stereocenters. The number of rotatable bonds is 1. The van der Waals surface area contributed by atoms with E-state index >= 15 is 0 Å². The molecule has 104 valence electrons. The molecule has 0 saturated heterocycles. The van der Waals surface area contributed by atoms with Crippen molar-refractivity contribution in [2.75, 3.05) is 0 Å². The van der Waals surface area contributed by atoms with Crippen molar-refractivity contribution in [3.8, 4) is 0 Å². The molecule has 3 heteroatoms. The van der Waals surface area contributed by atoms with Crippen molar-refractivity contribution in [3.05, 3.63) is 34.9 Å². The molecule has 0 saturated carbocycles. The number of carbonyl (C=O) groups is 1. The van der Waals surface area contributed by atoms with Crippen LogP contribution in [0.15, 0.2) is 18.2 Å². The van der Waals surface area contributed by atoms with Crippen molar-refractivity contribution in [1.82, 2.24) is 5.32 Å². The van der Waals surface area contributed by atoms with Crippen LogP contribution in [0, 0.1) is 6.92 Å². The average molecular weight is 261 g/mol. The zero-order chi connectivity index (χ0) is 14.0. The first-order valence-electron chi connectivity index (χ1n) is 6.94. The van der Waals surface area contributed by atoms with Crippen LogP contribution in [0.3, 0.4) is 0 Å². The van der Waals surface area contributed by atoms with Crippen LogP contribution in [-0.2, 0) is 11.2 Å². The van der Waals surface area contributed by atoms with Crippen LogP contribution >= 0.6 is 0 Å². The predicted octanol–water partition coefficient (Wildman–Crippen LogP) is 3.90. The lowest BCUT2D eigenvalue weighted by Crippen LogP contribution is -2.36. The Morgan fingerprint density at radius 1 is 1.37 bits per heavy atom. The number of hydrogen-bond donors (Lipinski definition) is 1. The molecule has 0 radical (unpaired) electrons. The van der Waals surface area contributed by atoms with Gasteiger partial charge in [-0.2, -0.15) is 0 Å². The van der Waals surface area contributed by atoms with Crippen molar-refractivity contribution < 1.29 is 9.53 Å². The number of fused-ring (bicyclic) bond motifs is 1. The molecule has 1 aliphatic carbocycles. The minimum atomic E-state index is -0.450. The van der Waals surface area contributed by atoms with Crippen LogP contribution < -0.4 is 5.32 Å². The summed E-state index contributed by atoms with van der Waals surface area (Å²) in [5, 5.41) is 3.00. The number of amides is 1. The number of hydrogen-bond acceptors (Lipinski definition) is 2. The van der Waals surface area contributed by atoms with Crippen LogP contribution in [0.2, 0.25) is 0 Å². The van der Waals surface area contributed by atoms with E-state index in [4.69, 9.17) is 4.74 Å². The second kappa shape index (κ2) is 5.24. The van der Waals surface area contributed by atoms with E-state index in [1.54, 1.807) is 0 Å². The summed E-state index contributed by atoms with van der Waals surface area (Å²) in [5.41, 5.74) is 3.38. The fourth-order valence-electron chi connectivity index (χ4n) is 2.52. The highest BCUT2D eigenvalue weighted by Crippen LogP contribution is 2.30. The van der Waals surface area contributed by atoms with E-state index in [0.717, 1.165) is 19.3 Å². The van der Waals surface area contributed by atoms with Gasteiger partial charge in [-0.05, 0) is 58.1 Å². The number of alkyl carbamates (subject to hydrolysis) is 1. The normalized spacial score (nSPS) is 18.6. The molecule has 1 N–H and O–H groups in total. The fourth-order valence-corrected chi connectivity index (χ4v) is 2.52. The lowest BCUT2D eigenvalue weighted by atomic mass is 9.87. The molecule has 3 nitrogen and oxygen atoms in total. The summed E-state index contributed by atoms with van der Waals surface area (Å²) in [7, 11) is 0. The molecule has 0 bridgehead atoms. The zero-order valence-corrected chi connectivity index (χ0v) is 12.2. The quantitative estimate of drug-likeness (QED) is 0.832. The lowest BCUT2D eigenvalue weighted by molar-refractivity contribution is 0.0498. The fraction of sp³-hybridized carbons (Fsp3) is 0.562. The summed E-state index contributed by atoms with van der Waals surface area (Å²) in [6.07, 6.45) is 2.86. The van der Waals surface area contributed by atoms with Crippen molar-refractivity contribution in [2.45, 2.75) is 58.6 Å². The maximum Gasteiger partial charge on any atom is 0.408 e. The molecule has 1 aromatic rings. The number of benzene rings is 1. The molecule has 0 aromatic heterocycles. The molecule has 1 aromatic carbocycles. The highest BCUT2D eigenvalue weighted by molar-refractivity contribution is 5.68. The standard InChI is InChI=1S/C16H23NO2/c1-11-8-9-12-6-5-7-14(13(12)10-11)17-15(18)19-16(2,3)4/h8-10,14H,5-7H2,1-4H3,(H,17,18). The average Bonchev–Trinajstić information content (AvgIpc) is 2.27. The van der Waals surface area contributed by atoms with Gasteiger partial charge in [-0.3, -0.25) is 0 Å². The van der Waals surface area contributed by atoms with Crippen LogP contribution in [0.25, 0.3) is 0 Å². The van der Waals surface area contributed by atoms with Crippen molar-refractivity contribution in [3.63, 3.8) is 0 Å². The monoisotopic (exact) mass is 261 g/mol. The van der Waals surface area contributed by atoms with E-state index < -0.39 is 5.60 Å². The SMILES string of the molecule is Cc1ccc2c(c1)C(NC(=O)OC(C)(C)C)CCC2. The van der Waals surface area contributed by atoms with Gasteiger partial charge < -0.3 is 10.1 Å². The van der Waals surface area contributed by atoms with Gasteiger partial charge in [0.15, 0.2) is 0 Å². The zero-order valence-electron chi connectivity index (χ0n) is 12.2. The minimum absolute atomic E-state index is 0.0819.